The minimum Gasteiger partial charge on any atom is -0.456 e. The summed E-state index contributed by atoms with van der Waals surface area (Å²) in [6.07, 6.45) is 0. The summed E-state index contributed by atoms with van der Waals surface area (Å²) in [5.41, 5.74) is 14.5. The Balaban J connectivity index is 1.02. The number of benzene rings is 9. The first-order valence-electron chi connectivity index (χ1n) is 18.4. The Kier molecular flexibility index (Phi) is 7.85. The van der Waals surface area contributed by atoms with Crippen LogP contribution in [-0.4, -0.2) is 0 Å². The Hall–Kier alpha value is -7.16. The Morgan fingerprint density at radius 1 is 0.315 bits per heavy atom. The molecule has 0 aliphatic rings. The number of hydrogen-bond acceptors (Lipinski definition) is 2. The van der Waals surface area contributed by atoms with Crippen LogP contribution in [0.5, 0.6) is 0 Å². The molecule has 0 amide bonds. The van der Waals surface area contributed by atoms with Gasteiger partial charge in [-0.1, -0.05) is 164 Å². The highest BCUT2D eigenvalue weighted by atomic mass is 16.3. The zero-order valence-electron chi connectivity index (χ0n) is 29.6. The van der Waals surface area contributed by atoms with Crippen molar-refractivity contribution in [1.82, 2.24) is 0 Å². The molecule has 0 aliphatic heterocycles. The maximum atomic E-state index is 6.41. The predicted molar refractivity (Wildman–Crippen MR) is 228 cm³/mol. The van der Waals surface area contributed by atoms with Crippen molar-refractivity contribution in [3.63, 3.8) is 0 Å². The van der Waals surface area contributed by atoms with Crippen LogP contribution in [0.4, 0.5) is 17.1 Å². The van der Waals surface area contributed by atoms with Crippen molar-refractivity contribution in [3.8, 4) is 44.5 Å². The number of anilines is 3. The highest BCUT2D eigenvalue weighted by Gasteiger charge is 2.18. The summed E-state index contributed by atoms with van der Waals surface area (Å²) in [6.45, 7) is 0. The van der Waals surface area contributed by atoms with Crippen LogP contribution in [0, 0.1) is 0 Å². The van der Waals surface area contributed by atoms with Gasteiger partial charge in [0.2, 0.25) is 0 Å². The van der Waals surface area contributed by atoms with Gasteiger partial charge in [0.15, 0.2) is 0 Å². The first kappa shape index (κ1) is 31.6. The largest absolute Gasteiger partial charge is 0.456 e. The number of nitrogens with zero attached hydrogens (tertiary/aromatic N) is 1. The van der Waals surface area contributed by atoms with Crippen molar-refractivity contribution in [3.05, 3.63) is 212 Å². The molecule has 10 rings (SSSR count). The van der Waals surface area contributed by atoms with Gasteiger partial charge in [0.1, 0.15) is 11.2 Å². The number of rotatable bonds is 7. The van der Waals surface area contributed by atoms with E-state index in [1.54, 1.807) is 0 Å². The minimum atomic E-state index is 0.899. The molecule has 0 saturated heterocycles. The Labute approximate surface area is 314 Å². The lowest BCUT2D eigenvalue weighted by molar-refractivity contribution is 0.669. The van der Waals surface area contributed by atoms with Crippen LogP contribution in [0.15, 0.2) is 217 Å². The monoisotopic (exact) mass is 689 g/mol. The topological polar surface area (TPSA) is 16.4 Å². The Morgan fingerprint density at radius 3 is 1.48 bits per heavy atom. The normalized spacial score (nSPS) is 11.3. The SMILES string of the molecule is c1ccc(-c2ccc(-c3ccc(N(c4ccc(-c5ccc6c(c5)oc5ccc7ccccc7c56)cc4)c4ccccc4-c4ccccc4)cc3)cc2)cc1. The fourth-order valence-corrected chi connectivity index (χ4v) is 7.78. The molecule has 0 aliphatic carbocycles. The van der Waals surface area contributed by atoms with Gasteiger partial charge in [-0.25, -0.2) is 0 Å². The van der Waals surface area contributed by atoms with Crippen molar-refractivity contribution in [2.75, 3.05) is 4.90 Å². The second-order valence-corrected chi connectivity index (χ2v) is 13.7. The molecule has 2 heteroatoms. The Morgan fingerprint density at radius 2 is 0.815 bits per heavy atom. The fraction of sp³-hybridized carbons (Fsp3) is 0. The van der Waals surface area contributed by atoms with Crippen LogP contribution in [0.2, 0.25) is 0 Å². The first-order chi connectivity index (χ1) is 26.8. The lowest BCUT2D eigenvalue weighted by Gasteiger charge is -2.28. The van der Waals surface area contributed by atoms with Crippen molar-refractivity contribution in [2.24, 2.45) is 0 Å². The molecule has 0 unspecified atom stereocenters. The number of furan rings is 1. The summed E-state index contributed by atoms with van der Waals surface area (Å²) in [4.78, 5) is 2.36. The standard InChI is InChI=1S/C52H35NO/c1-3-11-36(12-4-1)37-19-21-38(22-20-37)39-23-29-44(30-24-39)53(49-18-10-9-16-46(49)41-13-5-2-6-14-41)45-31-25-40(26-32-45)43-27-33-48-51(35-43)54-50-34-28-42-15-7-8-17-47(42)52(48)50/h1-35H. The van der Waals surface area contributed by atoms with Crippen LogP contribution in [-0.2, 0) is 0 Å². The number of para-hydroxylation sites is 1. The van der Waals surface area contributed by atoms with Crippen LogP contribution < -0.4 is 4.90 Å². The highest BCUT2D eigenvalue weighted by Crippen LogP contribution is 2.42. The maximum Gasteiger partial charge on any atom is 0.136 e. The molecule has 1 aromatic heterocycles. The van der Waals surface area contributed by atoms with Crippen molar-refractivity contribution < 1.29 is 4.42 Å². The molecular weight excluding hydrogens is 655 g/mol. The van der Waals surface area contributed by atoms with E-state index in [1.165, 1.54) is 49.5 Å². The van der Waals surface area contributed by atoms with E-state index < -0.39 is 0 Å². The molecule has 0 atom stereocenters. The van der Waals surface area contributed by atoms with E-state index in [4.69, 9.17) is 4.42 Å². The quantitative estimate of drug-likeness (QED) is 0.166. The summed E-state index contributed by atoms with van der Waals surface area (Å²) in [5, 5.41) is 4.75. The van der Waals surface area contributed by atoms with Crippen molar-refractivity contribution >= 4 is 49.8 Å². The van der Waals surface area contributed by atoms with Crippen LogP contribution in [0.3, 0.4) is 0 Å². The zero-order chi connectivity index (χ0) is 35.8. The van der Waals surface area contributed by atoms with Gasteiger partial charge in [-0.2, -0.15) is 0 Å². The summed E-state index contributed by atoms with van der Waals surface area (Å²) >= 11 is 0. The van der Waals surface area contributed by atoms with Gasteiger partial charge < -0.3 is 9.32 Å². The average Bonchev–Trinajstić information content (AvgIpc) is 3.64. The summed E-state index contributed by atoms with van der Waals surface area (Å²) in [7, 11) is 0. The Bertz CT molecular complexity index is 2890. The van der Waals surface area contributed by atoms with Gasteiger partial charge in [0, 0.05) is 27.7 Å². The number of fused-ring (bicyclic) bond motifs is 5. The van der Waals surface area contributed by atoms with Crippen LogP contribution in [0.1, 0.15) is 0 Å². The van der Waals surface area contributed by atoms with Crippen LogP contribution in [0.25, 0.3) is 77.2 Å². The van der Waals surface area contributed by atoms with Gasteiger partial charge in [-0.15, -0.1) is 0 Å². The van der Waals surface area contributed by atoms with Crippen molar-refractivity contribution in [2.45, 2.75) is 0 Å². The minimum absolute atomic E-state index is 0.899. The molecule has 0 bridgehead atoms. The second-order valence-electron chi connectivity index (χ2n) is 13.7. The second kappa shape index (κ2) is 13.4. The third kappa shape index (κ3) is 5.71. The molecule has 2 nitrogen and oxygen atoms in total. The molecule has 0 fully saturated rings. The van der Waals surface area contributed by atoms with E-state index in [0.717, 1.165) is 44.7 Å². The molecule has 0 N–H and O–H groups in total. The third-order valence-electron chi connectivity index (χ3n) is 10.5. The highest BCUT2D eigenvalue weighted by molar-refractivity contribution is 6.19. The first-order valence-corrected chi connectivity index (χ1v) is 18.4. The molecule has 0 radical (unpaired) electrons. The van der Waals surface area contributed by atoms with Gasteiger partial charge >= 0.3 is 0 Å². The predicted octanol–water partition coefficient (Wildman–Crippen LogP) is 14.9. The van der Waals surface area contributed by atoms with Gasteiger partial charge in [0.25, 0.3) is 0 Å². The smallest absolute Gasteiger partial charge is 0.136 e. The van der Waals surface area contributed by atoms with E-state index in [9.17, 15) is 0 Å². The summed E-state index contributed by atoms with van der Waals surface area (Å²) in [6, 6.07) is 75.8. The molecule has 0 spiro atoms. The molecule has 1 heterocycles. The third-order valence-corrected chi connectivity index (χ3v) is 10.5. The lowest BCUT2D eigenvalue weighted by Crippen LogP contribution is -2.11. The molecule has 54 heavy (non-hydrogen) atoms. The van der Waals surface area contributed by atoms with E-state index in [-0.39, 0.29) is 0 Å². The van der Waals surface area contributed by atoms with Gasteiger partial charge in [0.05, 0.1) is 5.69 Å². The average molecular weight is 690 g/mol. The zero-order valence-corrected chi connectivity index (χ0v) is 29.6. The number of hydrogen-bond donors (Lipinski definition) is 0. The van der Waals surface area contributed by atoms with Crippen LogP contribution >= 0.6 is 0 Å². The van der Waals surface area contributed by atoms with E-state index in [1.807, 2.05) is 0 Å². The molecule has 254 valence electrons. The molecule has 0 saturated carbocycles. The molecular formula is C52H35NO. The molecule has 10 aromatic rings. The van der Waals surface area contributed by atoms with E-state index in [0.29, 0.717) is 0 Å². The summed E-state index contributed by atoms with van der Waals surface area (Å²) < 4.78 is 6.41. The van der Waals surface area contributed by atoms with Gasteiger partial charge in [-0.05, 0) is 98.2 Å². The van der Waals surface area contributed by atoms with Crippen molar-refractivity contribution in [1.29, 1.82) is 0 Å². The van der Waals surface area contributed by atoms with E-state index in [2.05, 4.69) is 217 Å². The van der Waals surface area contributed by atoms with Gasteiger partial charge in [-0.3, -0.25) is 0 Å². The molecule has 9 aromatic carbocycles. The summed E-state index contributed by atoms with van der Waals surface area (Å²) in [5.74, 6) is 0. The lowest BCUT2D eigenvalue weighted by atomic mass is 9.99. The maximum absolute atomic E-state index is 6.41. The fourth-order valence-electron chi connectivity index (χ4n) is 7.78. The van der Waals surface area contributed by atoms with E-state index >= 15 is 0 Å².